The quantitative estimate of drug-likeness (QED) is 0.344. The van der Waals surface area contributed by atoms with Crippen molar-refractivity contribution in [3.63, 3.8) is 0 Å². The maximum atomic E-state index is 11.8. The number of carbonyl (C=O) groups is 1. The van der Waals surface area contributed by atoms with E-state index in [2.05, 4.69) is 74.0 Å². The number of benzene rings is 2. The normalized spacial score (nSPS) is 17.9. The minimum absolute atomic E-state index is 0. The second kappa shape index (κ2) is 13.5. The number of carbonyl (C=O) groups excluding carboxylic acids is 1. The number of aliphatic carboxylic acids is 1. The van der Waals surface area contributed by atoms with Gasteiger partial charge in [0.25, 0.3) is 0 Å². The van der Waals surface area contributed by atoms with E-state index in [9.17, 15) is 9.90 Å². The molecule has 2 aliphatic rings. The van der Waals surface area contributed by atoms with E-state index in [4.69, 9.17) is 9.47 Å². The standard InChI is InChI=1S/C35H44N2O4.Na/c1-7-37(35(3,4)5)21-28-18-26(12-14-29(28)25-16-17-36-32(20-25)40-6)30-15-13-23-8-11-27(19-31(23)41-30)33(24-9-10-24)22(2)34(38)39;/h8,11-12,14,16-20,22,24,30,33H,7,9-10,13,15,21H2,1-6H3,(H,38,39);/q;+1/p-1/t22-,30?,33-;/m0./s1. The molecule has 0 bridgehead atoms. The maximum Gasteiger partial charge on any atom is 1.00 e. The number of methoxy groups -OCH3 is 1. The fraction of sp³-hybridized carbons (Fsp3) is 0.486. The van der Waals surface area contributed by atoms with E-state index in [1.807, 2.05) is 12.1 Å². The molecule has 218 valence electrons. The predicted octanol–water partition coefficient (Wildman–Crippen LogP) is 3.33. The average Bonchev–Trinajstić information content (AvgIpc) is 3.80. The van der Waals surface area contributed by atoms with Gasteiger partial charge in [-0.15, -0.1) is 0 Å². The molecular weight excluding hydrogens is 535 g/mol. The Morgan fingerprint density at radius 3 is 2.52 bits per heavy atom. The molecule has 0 saturated heterocycles. The minimum atomic E-state index is -0.978. The topological polar surface area (TPSA) is 74.7 Å². The summed E-state index contributed by atoms with van der Waals surface area (Å²) in [6.07, 6.45) is 5.69. The van der Waals surface area contributed by atoms with Gasteiger partial charge in [-0.2, -0.15) is 0 Å². The zero-order valence-electron chi connectivity index (χ0n) is 26.3. The average molecular weight is 579 g/mol. The summed E-state index contributed by atoms with van der Waals surface area (Å²) >= 11 is 0. The number of carboxylic acid groups (broad SMARTS) is 1. The first-order chi connectivity index (χ1) is 19.6. The van der Waals surface area contributed by atoms with Crippen LogP contribution in [0.4, 0.5) is 0 Å². The molecule has 2 aromatic carbocycles. The first-order valence-electron chi connectivity index (χ1n) is 15.0. The van der Waals surface area contributed by atoms with Gasteiger partial charge in [-0.25, -0.2) is 4.98 Å². The molecule has 0 spiro atoms. The summed E-state index contributed by atoms with van der Waals surface area (Å²) in [6.45, 7) is 12.5. The molecule has 1 saturated carbocycles. The molecule has 1 unspecified atom stereocenters. The molecule has 2 heterocycles. The van der Waals surface area contributed by atoms with Crippen molar-refractivity contribution in [1.82, 2.24) is 9.88 Å². The molecular formula is C35H43N2NaO4. The van der Waals surface area contributed by atoms with Crippen molar-refractivity contribution in [2.24, 2.45) is 11.8 Å². The Labute approximate surface area is 273 Å². The number of aromatic nitrogens is 1. The summed E-state index contributed by atoms with van der Waals surface area (Å²) in [5.41, 5.74) is 6.91. The van der Waals surface area contributed by atoms with E-state index >= 15 is 0 Å². The van der Waals surface area contributed by atoms with E-state index in [1.165, 1.54) is 16.7 Å². The molecule has 1 aromatic heterocycles. The van der Waals surface area contributed by atoms with Crippen LogP contribution in [0, 0.1) is 11.8 Å². The summed E-state index contributed by atoms with van der Waals surface area (Å²) < 4.78 is 12.1. The number of ether oxygens (including phenoxy) is 2. The van der Waals surface area contributed by atoms with Gasteiger partial charge in [0.1, 0.15) is 11.9 Å². The van der Waals surface area contributed by atoms with Crippen LogP contribution in [-0.2, 0) is 17.8 Å². The number of hydrogen-bond donors (Lipinski definition) is 0. The molecule has 3 atom stereocenters. The molecule has 6 nitrogen and oxygen atoms in total. The van der Waals surface area contributed by atoms with E-state index < -0.39 is 11.9 Å². The van der Waals surface area contributed by atoms with Crippen molar-refractivity contribution < 1.29 is 48.9 Å². The number of hydrogen-bond acceptors (Lipinski definition) is 6. The van der Waals surface area contributed by atoms with Gasteiger partial charge in [0.05, 0.1) is 7.11 Å². The molecule has 0 amide bonds. The van der Waals surface area contributed by atoms with Gasteiger partial charge in [-0.1, -0.05) is 44.2 Å². The summed E-state index contributed by atoms with van der Waals surface area (Å²) in [6, 6.07) is 17.1. The van der Waals surface area contributed by atoms with Crippen LogP contribution in [-0.4, -0.2) is 35.0 Å². The van der Waals surface area contributed by atoms with Crippen LogP contribution in [0.2, 0.25) is 0 Å². The Balaban J connectivity index is 0.00000405. The van der Waals surface area contributed by atoms with Crippen LogP contribution >= 0.6 is 0 Å². The van der Waals surface area contributed by atoms with Crippen molar-refractivity contribution in [3.05, 3.63) is 77.0 Å². The molecule has 1 aliphatic carbocycles. The van der Waals surface area contributed by atoms with Crippen molar-refractivity contribution in [3.8, 4) is 22.8 Å². The molecule has 42 heavy (non-hydrogen) atoms. The van der Waals surface area contributed by atoms with Crippen LogP contribution in [0.5, 0.6) is 11.6 Å². The third kappa shape index (κ3) is 7.21. The second-order valence-corrected chi connectivity index (χ2v) is 12.7. The fourth-order valence-corrected chi connectivity index (χ4v) is 6.34. The van der Waals surface area contributed by atoms with Gasteiger partial charge in [-0.3, -0.25) is 4.90 Å². The van der Waals surface area contributed by atoms with Gasteiger partial charge in [-0.05, 0) is 110 Å². The number of fused-ring (bicyclic) bond motifs is 1. The number of aryl methyl sites for hydroxylation is 1. The Morgan fingerprint density at radius 2 is 1.88 bits per heavy atom. The summed E-state index contributed by atoms with van der Waals surface area (Å²) in [7, 11) is 1.64. The molecule has 0 radical (unpaired) electrons. The van der Waals surface area contributed by atoms with Gasteiger partial charge >= 0.3 is 29.6 Å². The molecule has 1 fully saturated rings. The Hall–Kier alpha value is -2.38. The molecule has 1 aliphatic heterocycles. The number of carboxylic acids is 1. The maximum absolute atomic E-state index is 11.8. The first-order valence-corrected chi connectivity index (χ1v) is 15.0. The molecule has 7 heteroatoms. The minimum Gasteiger partial charge on any atom is -0.550 e. The van der Waals surface area contributed by atoms with E-state index in [-0.39, 0.29) is 47.1 Å². The van der Waals surface area contributed by atoms with Crippen LogP contribution in [0.15, 0.2) is 54.7 Å². The van der Waals surface area contributed by atoms with Gasteiger partial charge in [0.15, 0.2) is 0 Å². The third-order valence-corrected chi connectivity index (χ3v) is 8.91. The van der Waals surface area contributed by atoms with Gasteiger partial charge in [0, 0.05) is 36.2 Å². The predicted molar refractivity (Wildman–Crippen MR) is 160 cm³/mol. The van der Waals surface area contributed by atoms with Crippen molar-refractivity contribution in [2.45, 2.75) is 84.4 Å². The largest absolute Gasteiger partial charge is 1.00 e. The zero-order chi connectivity index (χ0) is 29.3. The van der Waals surface area contributed by atoms with E-state index in [1.54, 1.807) is 20.2 Å². The Kier molecular flexibility index (Phi) is 10.5. The number of nitrogens with zero attached hydrogens (tertiary/aromatic N) is 2. The van der Waals surface area contributed by atoms with Crippen molar-refractivity contribution >= 4 is 5.97 Å². The van der Waals surface area contributed by atoms with Gasteiger partial charge in [0.2, 0.25) is 5.88 Å². The zero-order valence-corrected chi connectivity index (χ0v) is 28.3. The number of pyridine rings is 1. The third-order valence-electron chi connectivity index (χ3n) is 8.91. The molecule has 3 aromatic rings. The fourth-order valence-electron chi connectivity index (χ4n) is 6.34. The summed E-state index contributed by atoms with van der Waals surface area (Å²) in [5.74, 6) is 0.354. The van der Waals surface area contributed by atoms with Gasteiger partial charge < -0.3 is 19.4 Å². The van der Waals surface area contributed by atoms with Crippen LogP contribution < -0.4 is 44.1 Å². The van der Waals surface area contributed by atoms with E-state index in [0.29, 0.717) is 11.8 Å². The van der Waals surface area contributed by atoms with Crippen LogP contribution in [0.1, 0.15) is 88.2 Å². The second-order valence-electron chi connectivity index (χ2n) is 12.7. The van der Waals surface area contributed by atoms with Crippen molar-refractivity contribution in [1.29, 1.82) is 0 Å². The summed E-state index contributed by atoms with van der Waals surface area (Å²) in [5, 5.41) is 11.8. The molecule has 0 N–H and O–H groups in total. The Bertz CT molecular complexity index is 1400. The summed E-state index contributed by atoms with van der Waals surface area (Å²) in [4.78, 5) is 18.6. The smallest absolute Gasteiger partial charge is 0.550 e. The van der Waals surface area contributed by atoms with E-state index in [0.717, 1.165) is 61.2 Å². The van der Waals surface area contributed by atoms with Crippen molar-refractivity contribution in [2.75, 3.05) is 13.7 Å². The number of rotatable bonds is 10. The van der Waals surface area contributed by atoms with Crippen LogP contribution in [0.25, 0.3) is 11.1 Å². The first kappa shape index (κ1) is 32.5. The monoisotopic (exact) mass is 578 g/mol. The van der Waals surface area contributed by atoms with Crippen LogP contribution in [0.3, 0.4) is 0 Å². The Morgan fingerprint density at radius 1 is 1.12 bits per heavy atom. The molecule has 5 rings (SSSR count). The SMILES string of the molecule is CCN(Cc1cc(C2CCc3ccc([C@H](C4CC4)[C@H](C)C(=O)[O-])cc3O2)ccc1-c1ccnc(OC)c1)C(C)(C)C.[Na+].